The molecule has 0 saturated carbocycles. The van der Waals surface area contributed by atoms with Gasteiger partial charge in [-0.1, -0.05) is 13.0 Å². The topological polar surface area (TPSA) is 20.3 Å². The van der Waals surface area contributed by atoms with Gasteiger partial charge in [-0.05, 0) is 18.4 Å². The van der Waals surface area contributed by atoms with E-state index in [1.807, 2.05) is 34.2 Å². The number of thiophene rings is 1. The minimum absolute atomic E-state index is 0.280. The summed E-state index contributed by atoms with van der Waals surface area (Å²) in [5.74, 6) is 1.35. The Kier molecular flexibility index (Phi) is 3.92. The molecule has 0 N–H and O–H groups in total. The standard InChI is InChI=1S/C12H17NOS2/c1-9-10(2)15-7-5-13(9)12(14)8-11-4-3-6-16-11/h3-4,6,9-10H,5,7-8H2,1-2H3. The second kappa shape index (κ2) is 5.23. The highest BCUT2D eigenvalue weighted by molar-refractivity contribution is 8.00. The van der Waals surface area contributed by atoms with E-state index in [1.54, 1.807) is 11.3 Å². The molecule has 4 heteroatoms. The van der Waals surface area contributed by atoms with E-state index < -0.39 is 0 Å². The summed E-state index contributed by atoms with van der Waals surface area (Å²) in [7, 11) is 0. The third-order valence-electron chi connectivity index (χ3n) is 3.11. The fourth-order valence-electron chi connectivity index (χ4n) is 1.95. The van der Waals surface area contributed by atoms with Crippen LogP contribution in [0, 0.1) is 0 Å². The zero-order chi connectivity index (χ0) is 11.5. The van der Waals surface area contributed by atoms with Gasteiger partial charge in [0.2, 0.25) is 5.91 Å². The second-order valence-corrected chi connectivity index (χ2v) is 6.68. The van der Waals surface area contributed by atoms with Crippen molar-refractivity contribution in [2.45, 2.75) is 31.6 Å². The summed E-state index contributed by atoms with van der Waals surface area (Å²) < 4.78 is 0. The molecule has 1 saturated heterocycles. The van der Waals surface area contributed by atoms with E-state index in [-0.39, 0.29) is 5.91 Å². The fraction of sp³-hybridized carbons (Fsp3) is 0.583. The molecule has 2 heterocycles. The predicted molar refractivity (Wildman–Crippen MR) is 71.1 cm³/mol. The molecule has 2 unspecified atom stereocenters. The highest BCUT2D eigenvalue weighted by Crippen LogP contribution is 2.25. The highest BCUT2D eigenvalue weighted by Gasteiger charge is 2.28. The van der Waals surface area contributed by atoms with Crippen LogP contribution in [0.1, 0.15) is 18.7 Å². The third kappa shape index (κ3) is 2.61. The average molecular weight is 255 g/mol. The van der Waals surface area contributed by atoms with Crippen LogP contribution in [0.15, 0.2) is 17.5 Å². The van der Waals surface area contributed by atoms with E-state index in [1.165, 1.54) is 4.88 Å². The Labute approximate surface area is 105 Å². The lowest BCUT2D eigenvalue weighted by molar-refractivity contribution is -0.132. The van der Waals surface area contributed by atoms with Crippen LogP contribution < -0.4 is 0 Å². The van der Waals surface area contributed by atoms with Gasteiger partial charge in [0.15, 0.2) is 0 Å². The minimum atomic E-state index is 0.280. The molecule has 16 heavy (non-hydrogen) atoms. The van der Waals surface area contributed by atoms with Crippen LogP contribution in [0.25, 0.3) is 0 Å². The van der Waals surface area contributed by atoms with Gasteiger partial charge in [-0.3, -0.25) is 4.79 Å². The van der Waals surface area contributed by atoms with Crippen molar-refractivity contribution in [1.29, 1.82) is 0 Å². The first-order chi connectivity index (χ1) is 7.68. The van der Waals surface area contributed by atoms with Crippen LogP contribution in [0.3, 0.4) is 0 Å². The summed E-state index contributed by atoms with van der Waals surface area (Å²) in [5, 5.41) is 2.59. The Bertz CT molecular complexity index is 350. The Balaban J connectivity index is 1.98. The third-order valence-corrected chi connectivity index (χ3v) is 5.32. The zero-order valence-corrected chi connectivity index (χ0v) is 11.3. The van der Waals surface area contributed by atoms with E-state index in [0.717, 1.165) is 12.3 Å². The van der Waals surface area contributed by atoms with Crippen LogP contribution >= 0.6 is 23.1 Å². The maximum absolute atomic E-state index is 12.1. The van der Waals surface area contributed by atoms with Crippen molar-refractivity contribution in [3.05, 3.63) is 22.4 Å². The summed E-state index contributed by atoms with van der Waals surface area (Å²) in [6.45, 7) is 5.27. The first kappa shape index (κ1) is 12.0. The van der Waals surface area contributed by atoms with Crippen LogP contribution in [-0.2, 0) is 11.2 Å². The number of nitrogens with zero attached hydrogens (tertiary/aromatic N) is 1. The Hall–Kier alpha value is -0.480. The maximum Gasteiger partial charge on any atom is 0.228 e. The van der Waals surface area contributed by atoms with E-state index in [9.17, 15) is 4.79 Å². The molecule has 0 aromatic carbocycles. The molecule has 0 aliphatic carbocycles. The zero-order valence-electron chi connectivity index (χ0n) is 9.68. The van der Waals surface area contributed by atoms with Crippen molar-refractivity contribution in [3.8, 4) is 0 Å². The largest absolute Gasteiger partial charge is 0.338 e. The SMILES string of the molecule is CC1SCCN(C(=O)Cc2cccs2)C1C. The molecule has 88 valence electrons. The number of rotatable bonds is 2. The quantitative estimate of drug-likeness (QED) is 0.810. The summed E-state index contributed by atoms with van der Waals surface area (Å²) in [6, 6.07) is 4.41. The lowest BCUT2D eigenvalue weighted by Gasteiger charge is -2.37. The molecule has 0 radical (unpaired) electrons. The molecule has 1 fully saturated rings. The normalized spacial score (nSPS) is 25.8. The number of amides is 1. The molecule has 1 amide bonds. The molecular formula is C12H17NOS2. The van der Waals surface area contributed by atoms with Crippen molar-refractivity contribution in [2.75, 3.05) is 12.3 Å². The smallest absolute Gasteiger partial charge is 0.228 e. The van der Waals surface area contributed by atoms with Gasteiger partial charge in [-0.2, -0.15) is 11.8 Å². The van der Waals surface area contributed by atoms with Gasteiger partial charge < -0.3 is 4.90 Å². The first-order valence-electron chi connectivity index (χ1n) is 5.62. The molecule has 1 aliphatic heterocycles. The van der Waals surface area contributed by atoms with Crippen LogP contribution in [-0.4, -0.2) is 34.4 Å². The second-order valence-electron chi connectivity index (χ2n) is 4.16. The van der Waals surface area contributed by atoms with Gasteiger partial charge in [-0.15, -0.1) is 11.3 Å². The van der Waals surface area contributed by atoms with E-state index in [2.05, 4.69) is 13.8 Å². The molecular weight excluding hydrogens is 238 g/mol. The van der Waals surface area contributed by atoms with Gasteiger partial charge >= 0.3 is 0 Å². The summed E-state index contributed by atoms with van der Waals surface area (Å²) in [5.41, 5.74) is 0. The molecule has 1 aromatic heterocycles. The van der Waals surface area contributed by atoms with Gasteiger partial charge in [0.05, 0.1) is 6.42 Å². The van der Waals surface area contributed by atoms with Gasteiger partial charge in [-0.25, -0.2) is 0 Å². The average Bonchev–Trinajstić information content (AvgIpc) is 2.74. The van der Waals surface area contributed by atoms with Crippen LogP contribution in [0.5, 0.6) is 0 Å². The maximum atomic E-state index is 12.1. The number of hydrogen-bond acceptors (Lipinski definition) is 3. The van der Waals surface area contributed by atoms with Gasteiger partial charge in [0.25, 0.3) is 0 Å². The fourth-order valence-corrected chi connectivity index (χ4v) is 3.74. The van der Waals surface area contributed by atoms with E-state index in [0.29, 0.717) is 17.7 Å². The van der Waals surface area contributed by atoms with E-state index >= 15 is 0 Å². The van der Waals surface area contributed by atoms with Gasteiger partial charge in [0, 0.05) is 28.5 Å². The monoisotopic (exact) mass is 255 g/mol. The predicted octanol–water partition coefficient (Wildman–Crippen LogP) is 2.64. The van der Waals surface area contributed by atoms with Crippen molar-refractivity contribution >= 4 is 29.0 Å². The molecule has 2 atom stereocenters. The molecule has 1 aromatic rings. The minimum Gasteiger partial charge on any atom is -0.338 e. The molecule has 0 bridgehead atoms. The molecule has 2 rings (SSSR count). The van der Waals surface area contributed by atoms with Crippen LogP contribution in [0.2, 0.25) is 0 Å². The molecule has 1 aliphatic rings. The number of carbonyl (C=O) groups is 1. The Morgan fingerprint density at radius 2 is 2.38 bits per heavy atom. The van der Waals surface area contributed by atoms with Crippen LogP contribution in [0.4, 0.5) is 0 Å². The summed E-state index contributed by atoms with van der Waals surface area (Å²) >= 11 is 3.63. The molecule has 2 nitrogen and oxygen atoms in total. The lowest BCUT2D eigenvalue weighted by Crippen LogP contribution is -2.48. The van der Waals surface area contributed by atoms with Crippen molar-refractivity contribution in [1.82, 2.24) is 4.90 Å². The van der Waals surface area contributed by atoms with Crippen molar-refractivity contribution < 1.29 is 4.79 Å². The van der Waals surface area contributed by atoms with E-state index in [4.69, 9.17) is 0 Å². The number of hydrogen-bond donors (Lipinski definition) is 0. The van der Waals surface area contributed by atoms with Crippen molar-refractivity contribution in [3.63, 3.8) is 0 Å². The molecule has 0 spiro atoms. The summed E-state index contributed by atoms with van der Waals surface area (Å²) in [4.78, 5) is 15.4. The first-order valence-corrected chi connectivity index (χ1v) is 7.55. The highest BCUT2D eigenvalue weighted by atomic mass is 32.2. The number of thioether (sulfide) groups is 1. The lowest BCUT2D eigenvalue weighted by atomic mass is 10.2. The van der Waals surface area contributed by atoms with Gasteiger partial charge in [0.1, 0.15) is 0 Å². The Morgan fingerprint density at radius 1 is 1.56 bits per heavy atom. The Morgan fingerprint density at radius 3 is 3.06 bits per heavy atom. The van der Waals surface area contributed by atoms with Crippen molar-refractivity contribution in [2.24, 2.45) is 0 Å². The number of carbonyl (C=O) groups excluding carboxylic acids is 1. The summed E-state index contributed by atoms with van der Waals surface area (Å²) in [6.07, 6.45) is 0.569.